The number of halogens is 2. The number of hydrogen-bond donors (Lipinski definition) is 0. The molecule has 0 fully saturated rings. The average molecular weight is 434 g/mol. The molecule has 0 aliphatic carbocycles. The predicted octanol–water partition coefficient (Wildman–Crippen LogP) is 3.13. The maximum Gasteiger partial charge on any atom is 0.325 e. The number of nitrogens with zero attached hydrogens (tertiary/aromatic N) is 2. The lowest BCUT2D eigenvalue weighted by Gasteiger charge is -1.97. The molecule has 2 N–H and O–H groups in total. The molecular formula is C20H16F2N2O5S. The van der Waals surface area contributed by atoms with Crippen LogP contribution < -0.4 is 0 Å². The van der Waals surface area contributed by atoms with Crippen LogP contribution >= 0.6 is 0 Å². The van der Waals surface area contributed by atoms with Crippen LogP contribution in [-0.4, -0.2) is 23.9 Å². The Morgan fingerprint density at radius 2 is 1.07 bits per heavy atom. The summed E-state index contributed by atoms with van der Waals surface area (Å²) >= 11 is 0. The van der Waals surface area contributed by atoms with Crippen LogP contribution in [0.25, 0.3) is 0 Å². The number of benzene rings is 2. The predicted molar refractivity (Wildman–Crippen MR) is 100 cm³/mol. The van der Waals surface area contributed by atoms with E-state index >= 15 is 0 Å². The second kappa shape index (κ2) is 8.56. The van der Waals surface area contributed by atoms with Gasteiger partial charge in [0.2, 0.25) is 0 Å². The second-order valence-electron chi connectivity index (χ2n) is 6.32. The molecule has 7 nitrogen and oxygen atoms in total. The minimum atomic E-state index is -4.17. The van der Waals surface area contributed by atoms with Crippen LogP contribution in [0, 0.1) is 11.6 Å². The SMILES string of the molecule is O.O=S(=O)(c1nc(Cc2ccc(F)cc2)co1)c1nc(Cc2ccc(F)cc2)co1. The normalized spacial score (nSPS) is 11.3. The van der Waals surface area contributed by atoms with E-state index in [2.05, 4.69) is 9.97 Å². The number of sulfone groups is 1. The van der Waals surface area contributed by atoms with E-state index in [-0.39, 0.29) is 30.0 Å². The molecule has 0 radical (unpaired) electrons. The number of rotatable bonds is 6. The zero-order chi connectivity index (χ0) is 20.4. The minimum Gasteiger partial charge on any atom is -0.436 e. The molecule has 0 aliphatic heterocycles. The summed E-state index contributed by atoms with van der Waals surface area (Å²) < 4.78 is 61.5. The van der Waals surface area contributed by atoms with Crippen molar-refractivity contribution < 1.29 is 31.5 Å². The molecule has 4 aromatic rings. The van der Waals surface area contributed by atoms with E-state index in [0.29, 0.717) is 11.4 Å². The molecule has 0 bridgehead atoms. The lowest BCUT2D eigenvalue weighted by Crippen LogP contribution is -2.04. The van der Waals surface area contributed by atoms with Crippen LogP contribution in [0.5, 0.6) is 0 Å². The smallest absolute Gasteiger partial charge is 0.325 e. The molecule has 10 heteroatoms. The number of oxazole rings is 2. The maximum atomic E-state index is 13.0. The molecule has 0 saturated heterocycles. The minimum absolute atomic E-state index is 0. The Kier molecular flexibility index (Phi) is 6.09. The lowest BCUT2D eigenvalue weighted by atomic mass is 10.1. The van der Waals surface area contributed by atoms with Crippen molar-refractivity contribution in [1.29, 1.82) is 0 Å². The first-order chi connectivity index (χ1) is 13.9. The third kappa shape index (κ3) is 4.61. The molecule has 0 aliphatic rings. The molecule has 0 unspecified atom stereocenters. The van der Waals surface area contributed by atoms with Gasteiger partial charge in [0, 0.05) is 12.8 Å². The first kappa shape index (κ1) is 21.3. The number of hydrogen-bond acceptors (Lipinski definition) is 6. The summed E-state index contributed by atoms with van der Waals surface area (Å²) in [5.41, 5.74) is 2.24. The van der Waals surface area contributed by atoms with Crippen LogP contribution in [0.3, 0.4) is 0 Å². The highest BCUT2D eigenvalue weighted by Gasteiger charge is 2.29. The average Bonchev–Trinajstić information content (AvgIpc) is 3.36. The summed E-state index contributed by atoms with van der Waals surface area (Å²) in [7, 11) is -4.17. The quantitative estimate of drug-likeness (QED) is 0.460. The van der Waals surface area contributed by atoms with Crippen LogP contribution in [-0.2, 0) is 22.7 Å². The van der Waals surface area contributed by atoms with Gasteiger partial charge >= 0.3 is 20.3 Å². The van der Waals surface area contributed by atoms with E-state index in [0.717, 1.165) is 11.1 Å². The Hall–Kier alpha value is -3.37. The van der Waals surface area contributed by atoms with E-state index < -0.39 is 20.3 Å². The first-order valence-electron chi connectivity index (χ1n) is 8.53. The van der Waals surface area contributed by atoms with E-state index in [1.54, 1.807) is 24.3 Å². The van der Waals surface area contributed by atoms with Crippen molar-refractivity contribution >= 4 is 9.84 Å². The Bertz CT molecular complexity index is 1140. The molecular weight excluding hydrogens is 418 g/mol. The van der Waals surface area contributed by atoms with Gasteiger partial charge in [-0.25, -0.2) is 27.2 Å². The van der Waals surface area contributed by atoms with Crippen LogP contribution in [0.2, 0.25) is 0 Å². The van der Waals surface area contributed by atoms with Crippen molar-refractivity contribution in [1.82, 2.24) is 9.97 Å². The molecule has 0 atom stereocenters. The summed E-state index contributed by atoms with van der Waals surface area (Å²) in [6.07, 6.45) is 3.00. The third-order valence-corrected chi connectivity index (χ3v) is 5.41. The van der Waals surface area contributed by atoms with Gasteiger partial charge in [0.1, 0.15) is 24.2 Å². The molecule has 0 amide bonds. The standard InChI is InChI=1S/C20H14F2N2O4S.H2O/c21-15-5-1-13(2-6-15)9-17-11-27-19(23-17)29(25,26)20-24-18(12-28-20)10-14-3-7-16(22)8-4-14;/h1-8,11-12H,9-10H2;1H2. The molecule has 4 rings (SSSR count). The van der Waals surface area contributed by atoms with Crippen molar-refractivity contribution in [3.63, 3.8) is 0 Å². The van der Waals surface area contributed by atoms with Crippen LogP contribution in [0.15, 0.2) is 80.3 Å². The molecule has 0 spiro atoms. The molecule has 2 heterocycles. The zero-order valence-electron chi connectivity index (χ0n) is 15.4. The summed E-state index contributed by atoms with van der Waals surface area (Å²) in [6, 6.07) is 11.5. The van der Waals surface area contributed by atoms with Crippen molar-refractivity contribution in [2.75, 3.05) is 0 Å². The monoisotopic (exact) mass is 434 g/mol. The highest BCUT2D eigenvalue weighted by atomic mass is 32.2. The van der Waals surface area contributed by atoms with E-state index in [1.807, 2.05) is 0 Å². The van der Waals surface area contributed by atoms with Gasteiger partial charge in [-0.3, -0.25) is 0 Å². The van der Waals surface area contributed by atoms with Crippen molar-refractivity contribution in [3.8, 4) is 0 Å². The molecule has 30 heavy (non-hydrogen) atoms. The van der Waals surface area contributed by atoms with E-state index in [1.165, 1.54) is 36.8 Å². The van der Waals surface area contributed by atoms with Gasteiger partial charge in [-0.1, -0.05) is 24.3 Å². The Morgan fingerprint density at radius 3 is 1.43 bits per heavy atom. The third-order valence-electron chi connectivity index (χ3n) is 4.12. The van der Waals surface area contributed by atoms with Gasteiger partial charge in [0.15, 0.2) is 0 Å². The highest BCUT2D eigenvalue weighted by molar-refractivity contribution is 7.91. The van der Waals surface area contributed by atoms with E-state index in [9.17, 15) is 17.2 Å². The van der Waals surface area contributed by atoms with Crippen molar-refractivity contribution in [2.45, 2.75) is 23.3 Å². The highest BCUT2D eigenvalue weighted by Crippen LogP contribution is 2.22. The van der Waals surface area contributed by atoms with Crippen molar-refractivity contribution in [3.05, 3.63) is 95.2 Å². The second-order valence-corrected chi connectivity index (χ2v) is 8.02. The summed E-state index contributed by atoms with van der Waals surface area (Å²) in [5, 5.41) is -1.07. The molecule has 0 saturated carbocycles. The summed E-state index contributed by atoms with van der Waals surface area (Å²) in [4.78, 5) is 7.98. The fourth-order valence-electron chi connectivity index (χ4n) is 2.68. The molecule has 156 valence electrons. The van der Waals surface area contributed by atoms with Gasteiger partial charge in [0.05, 0.1) is 11.4 Å². The number of aromatic nitrogens is 2. The fourth-order valence-corrected chi connectivity index (χ4v) is 3.66. The summed E-state index contributed by atoms with van der Waals surface area (Å²) in [6.45, 7) is 0. The molecule has 2 aromatic carbocycles. The zero-order valence-corrected chi connectivity index (χ0v) is 16.2. The summed E-state index contributed by atoms with van der Waals surface area (Å²) in [5.74, 6) is -0.727. The Morgan fingerprint density at radius 1 is 0.700 bits per heavy atom. The lowest BCUT2D eigenvalue weighted by molar-refractivity contribution is 0.395. The Labute approximate surface area is 170 Å². The van der Waals surface area contributed by atoms with Gasteiger partial charge < -0.3 is 14.3 Å². The van der Waals surface area contributed by atoms with Gasteiger partial charge in [-0.05, 0) is 35.4 Å². The van der Waals surface area contributed by atoms with E-state index in [4.69, 9.17) is 8.83 Å². The maximum absolute atomic E-state index is 13.0. The topological polar surface area (TPSA) is 118 Å². The van der Waals surface area contributed by atoms with Gasteiger partial charge in [-0.2, -0.15) is 0 Å². The van der Waals surface area contributed by atoms with Gasteiger partial charge in [-0.15, -0.1) is 0 Å². The fraction of sp³-hybridized carbons (Fsp3) is 0.100. The first-order valence-corrected chi connectivity index (χ1v) is 10.0. The van der Waals surface area contributed by atoms with Crippen LogP contribution in [0.4, 0.5) is 8.78 Å². The Balaban J connectivity index is 0.00000256. The molecule has 2 aromatic heterocycles. The van der Waals surface area contributed by atoms with Crippen molar-refractivity contribution in [2.24, 2.45) is 0 Å². The van der Waals surface area contributed by atoms with Gasteiger partial charge in [0.25, 0.3) is 0 Å². The van der Waals surface area contributed by atoms with Crippen LogP contribution in [0.1, 0.15) is 22.5 Å². The largest absolute Gasteiger partial charge is 0.436 e.